The summed E-state index contributed by atoms with van der Waals surface area (Å²) in [6, 6.07) is 0.437. The molecule has 1 rings (SSSR count). The van der Waals surface area contributed by atoms with Crippen LogP contribution in [0, 0.1) is 0 Å². The number of halogens is 1. The van der Waals surface area contributed by atoms with Crippen LogP contribution in [0.15, 0.2) is 0 Å². The molecule has 1 saturated carbocycles. The smallest absolute Gasteiger partial charge is 0.236 e. The number of carbonyl (C=O) groups is 1. The number of rotatable bonds is 8. The Labute approximate surface area is 111 Å². The molecule has 1 aliphatic rings. The van der Waals surface area contributed by atoms with Crippen LogP contribution in [0.2, 0.25) is 0 Å². The van der Waals surface area contributed by atoms with Gasteiger partial charge in [-0.05, 0) is 25.8 Å². The Morgan fingerprint density at radius 2 is 2.12 bits per heavy atom. The summed E-state index contributed by atoms with van der Waals surface area (Å²) >= 11 is 0. The molecule has 0 radical (unpaired) electrons. The van der Waals surface area contributed by atoms with E-state index in [0.717, 1.165) is 38.5 Å². The summed E-state index contributed by atoms with van der Waals surface area (Å²) in [5, 5.41) is 2.91. The highest BCUT2D eigenvalue weighted by molar-refractivity contribution is 5.85. The van der Waals surface area contributed by atoms with E-state index in [4.69, 9.17) is 5.73 Å². The van der Waals surface area contributed by atoms with Crippen LogP contribution in [0.1, 0.15) is 39.5 Å². The second-order valence-electron chi connectivity index (χ2n) is 4.55. The molecule has 0 spiro atoms. The third kappa shape index (κ3) is 6.24. The molecule has 0 saturated heterocycles. The summed E-state index contributed by atoms with van der Waals surface area (Å²) in [6.07, 6.45) is 4.36. The van der Waals surface area contributed by atoms with E-state index in [1.54, 1.807) is 0 Å². The molecule has 3 N–H and O–H groups in total. The summed E-state index contributed by atoms with van der Waals surface area (Å²) in [7, 11) is 0. The zero-order valence-corrected chi connectivity index (χ0v) is 11.8. The van der Waals surface area contributed by atoms with Crippen LogP contribution in [-0.4, -0.2) is 42.5 Å². The van der Waals surface area contributed by atoms with Crippen molar-refractivity contribution in [3.63, 3.8) is 0 Å². The molecular weight excluding hydrogens is 238 g/mol. The number of hydrogen-bond acceptors (Lipinski definition) is 3. The Morgan fingerprint density at radius 3 is 2.59 bits per heavy atom. The van der Waals surface area contributed by atoms with Gasteiger partial charge in [0, 0.05) is 19.1 Å². The minimum atomic E-state index is -0.332. The van der Waals surface area contributed by atoms with Crippen molar-refractivity contribution in [2.75, 3.05) is 19.6 Å². The summed E-state index contributed by atoms with van der Waals surface area (Å²) in [5.74, 6) is -0.00583. The summed E-state index contributed by atoms with van der Waals surface area (Å²) in [5.41, 5.74) is 5.72. The predicted octanol–water partition coefficient (Wildman–Crippen LogP) is 1.14. The quantitative estimate of drug-likeness (QED) is 0.690. The standard InChI is InChI=1S/C12H25N3O.ClH/c1-3-5-11(13)12(16)14-8-9-15(4-2)10-6-7-10;/h10-11H,3-9,13H2,1-2H3,(H,14,16);1H. The fourth-order valence-electron chi connectivity index (χ4n) is 1.93. The third-order valence-electron chi connectivity index (χ3n) is 3.10. The highest BCUT2D eigenvalue weighted by Gasteiger charge is 2.27. The molecule has 1 aliphatic carbocycles. The zero-order chi connectivity index (χ0) is 12.0. The molecule has 0 aliphatic heterocycles. The highest BCUT2D eigenvalue weighted by Crippen LogP contribution is 2.25. The maximum absolute atomic E-state index is 11.5. The summed E-state index contributed by atoms with van der Waals surface area (Å²) < 4.78 is 0. The first-order chi connectivity index (χ1) is 7.69. The number of amides is 1. The van der Waals surface area contributed by atoms with Gasteiger partial charge in [-0.2, -0.15) is 0 Å². The van der Waals surface area contributed by atoms with E-state index in [-0.39, 0.29) is 24.4 Å². The minimum absolute atomic E-state index is 0. The van der Waals surface area contributed by atoms with E-state index in [9.17, 15) is 4.79 Å². The molecule has 5 heteroatoms. The third-order valence-corrected chi connectivity index (χ3v) is 3.10. The van der Waals surface area contributed by atoms with Gasteiger partial charge in [0.25, 0.3) is 0 Å². The first kappa shape index (κ1) is 16.7. The lowest BCUT2D eigenvalue weighted by Crippen LogP contribution is -2.43. The van der Waals surface area contributed by atoms with Crippen molar-refractivity contribution in [3.05, 3.63) is 0 Å². The second kappa shape index (κ2) is 8.72. The van der Waals surface area contributed by atoms with Gasteiger partial charge < -0.3 is 11.1 Å². The first-order valence-corrected chi connectivity index (χ1v) is 6.46. The van der Waals surface area contributed by atoms with Crippen molar-refractivity contribution in [2.24, 2.45) is 5.73 Å². The van der Waals surface area contributed by atoms with E-state index in [1.807, 2.05) is 6.92 Å². The molecule has 0 aromatic rings. The molecule has 0 heterocycles. The number of nitrogens with zero attached hydrogens (tertiary/aromatic N) is 1. The van der Waals surface area contributed by atoms with Gasteiger partial charge in [-0.25, -0.2) is 0 Å². The maximum Gasteiger partial charge on any atom is 0.236 e. The van der Waals surface area contributed by atoms with Crippen molar-refractivity contribution < 1.29 is 4.79 Å². The average molecular weight is 264 g/mol. The van der Waals surface area contributed by atoms with Crippen molar-refractivity contribution >= 4 is 18.3 Å². The second-order valence-corrected chi connectivity index (χ2v) is 4.55. The molecule has 1 atom stereocenters. The van der Waals surface area contributed by atoms with Gasteiger partial charge in [-0.3, -0.25) is 9.69 Å². The van der Waals surface area contributed by atoms with E-state index >= 15 is 0 Å². The van der Waals surface area contributed by atoms with Gasteiger partial charge in [-0.15, -0.1) is 12.4 Å². The number of carbonyl (C=O) groups excluding carboxylic acids is 1. The van der Waals surface area contributed by atoms with Gasteiger partial charge in [0.1, 0.15) is 0 Å². The Bertz CT molecular complexity index is 222. The molecule has 1 fully saturated rings. The van der Waals surface area contributed by atoms with Crippen LogP contribution in [0.5, 0.6) is 0 Å². The Balaban J connectivity index is 0.00000256. The zero-order valence-electron chi connectivity index (χ0n) is 10.9. The van der Waals surface area contributed by atoms with Crippen molar-refractivity contribution in [3.8, 4) is 0 Å². The van der Waals surface area contributed by atoms with Crippen LogP contribution >= 0.6 is 12.4 Å². The van der Waals surface area contributed by atoms with Crippen molar-refractivity contribution in [1.82, 2.24) is 10.2 Å². The maximum atomic E-state index is 11.5. The Kier molecular flexibility index (Phi) is 8.56. The molecule has 0 bridgehead atoms. The molecule has 1 amide bonds. The van der Waals surface area contributed by atoms with Crippen LogP contribution in [0.4, 0.5) is 0 Å². The van der Waals surface area contributed by atoms with E-state index in [1.165, 1.54) is 12.8 Å². The minimum Gasteiger partial charge on any atom is -0.353 e. The SMILES string of the molecule is CCCC(N)C(=O)NCCN(CC)C1CC1.Cl. The fraction of sp³-hybridized carbons (Fsp3) is 0.917. The number of likely N-dealkylation sites (N-methyl/N-ethyl adjacent to an activating group) is 1. The van der Waals surface area contributed by atoms with Gasteiger partial charge in [0.2, 0.25) is 5.91 Å². The fourth-order valence-corrected chi connectivity index (χ4v) is 1.93. The van der Waals surface area contributed by atoms with Crippen LogP contribution in [-0.2, 0) is 4.79 Å². The van der Waals surface area contributed by atoms with E-state index < -0.39 is 0 Å². The predicted molar refractivity (Wildman–Crippen MR) is 73.4 cm³/mol. The largest absolute Gasteiger partial charge is 0.353 e. The first-order valence-electron chi connectivity index (χ1n) is 6.46. The van der Waals surface area contributed by atoms with E-state index in [0.29, 0.717) is 0 Å². The molecule has 0 aromatic heterocycles. The van der Waals surface area contributed by atoms with Crippen LogP contribution in [0.3, 0.4) is 0 Å². The average Bonchev–Trinajstić information content (AvgIpc) is 3.08. The lowest BCUT2D eigenvalue weighted by Gasteiger charge is -2.20. The lowest BCUT2D eigenvalue weighted by atomic mass is 10.2. The molecular formula is C12H26ClN3O. The van der Waals surface area contributed by atoms with E-state index in [2.05, 4.69) is 17.1 Å². The van der Waals surface area contributed by atoms with Gasteiger partial charge >= 0.3 is 0 Å². The Morgan fingerprint density at radius 1 is 1.47 bits per heavy atom. The molecule has 17 heavy (non-hydrogen) atoms. The highest BCUT2D eigenvalue weighted by atomic mass is 35.5. The molecule has 4 nitrogen and oxygen atoms in total. The topological polar surface area (TPSA) is 58.4 Å². The monoisotopic (exact) mass is 263 g/mol. The normalized spacial score (nSPS) is 16.5. The van der Waals surface area contributed by atoms with Gasteiger partial charge in [0.05, 0.1) is 6.04 Å². The molecule has 1 unspecified atom stereocenters. The van der Waals surface area contributed by atoms with Gasteiger partial charge in [0.15, 0.2) is 0 Å². The number of nitrogens with one attached hydrogen (secondary N) is 1. The summed E-state index contributed by atoms with van der Waals surface area (Å²) in [6.45, 7) is 6.95. The number of nitrogens with two attached hydrogens (primary N) is 1. The van der Waals surface area contributed by atoms with Crippen molar-refractivity contribution in [1.29, 1.82) is 0 Å². The van der Waals surface area contributed by atoms with Crippen LogP contribution < -0.4 is 11.1 Å². The molecule has 0 aromatic carbocycles. The molecule has 102 valence electrons. The summed E-state index contributed by atoms with van der Waals surface area (Å²) in [4.78, 5) is 14.0. The van der Waals surface area contributed by atoms with Crippen LogP contribution in [0.25, 0.3) is 0 Å². The lowest BCUT2D eigenvalue weighted by molar-refractivity contribution is -0.122. The van der Waals surface area contributed by atoms with Gasteiger partial charge in [-0.1, -0.05) is 20.3 Å². The number of hydrogen-bond donors (Lipinski definition) is 2. The Hall–Kier alpha value is -0.320. The van der Waals surface area contributed by atoms with Crippen molar-refractivity contribution in [2.45, 2.75) is 51.6 Å².